The molecule has 1 aliphatic heterocycles. The van der Waals surface area contributed by atoms with Gasteiger partial charge in [0, 0.05) is 31.4 Å². The first-order chi connectivity index (χ1) is 9.40. The summed E-state index contributed by atoms with van der Waals surface area (Å²) in [5.41, 5.74) is 2.20. The van der Waals surface area contributed by atoms with E-state index < -0.39 is 0 Å². The predicted molar refractivity (Wildman–Crippen MR) is 81.4 cm³/mol. The third-order valence-corrected chi connectivity index (χ3v) is 3.99. The van der Waals surface area contributed by atoms with Crippen molar-refractivity contribution in [2.45, 2.75) is 40.7 Å². The molecule has 0 saturated carbocycles. The lowest BCUT2D eigenvalue weighted by atomic mass is 9.80. The molecular formula is C16H25N3O. The van der Waals surface area contributed by atoms with Gasteiger partial charge in [0.05, 0.1) is 12.2 Å². The number of carbonyl (C=O) groups excluding carboxylic acids is 1. The highest BCUT2D eigenvalue weighted by molar-refractivity contribution is 5.78. The van der Waals surface area contributed by atoms with Gasteiger partial charge in [-0.3, -0.25) is 9.78 Å². The van der Waals surface area contributed by atoms with Crippen LogP contribution in [0.5, 0.6) is 0 Å². The maximum Gasteiger partial charge on any atom is 0.223 e. The molecule has 0 spiro atoms. The zero-order valence-corrected chi connectivity index (χ0v) is 12.9. The van der Waals surface area contributed by atoms with Gasteiger partial charge in [-0.2, -0.15) is 0 Å². The van der Waals surface area contributed by atoms with Crippen molar-refractivity contribution in [1.82, 2.24) is 9.88 Å². The van der Waals surface area contributed by atoms with Crippen LogP contribution in [0.3, 0.4) is 0 Å². The molecule has 1 N–H and O–H groups in total. The van der Waals surface area contributed by atoms with Gasteiger partial charge in [0.2, 0.25) is 5.91 Å². The molecule has 1 atom stereocenters. The maximum absolute atomic E-state index is 12.1. The van der Waals surface area contributed by atoms with E-state index in [0.717, 1.165) is 24.5 Å². The molecule has 0 bridgehead atoms. The van der Waals surface area contributed by atoms with Gasteiger partial charge in [0.15, 0.2) is 0 Å². The number of anilines is 1. The molecule has 1 aromatic rings. The molecule has 1 aromatic heterocycles. The third-order valence-electron chi connectivity index (χ3n) is 3.99. The topological polar surface area (TPSA) is 45.2 Å². The minimum atomic E-state index is 0.184. The molecule has 4 nitrogen and oxygen atoms in total. The molecule has 1 saturated heterocycles. The molecule has 1 fully saturated rings. The van der Waals surface area contributed by atoms with Crippen LogP contribution in [0, 0.1) is 11.3 Å². The monoisotopic (exact) mass is 275 g/mol. The first-order valence-corrected chi connectivity index (χ1v) is 7.36. The average molecular weight is 275 g/mol. The first-order valence-electron chi connectivity index (χ1n) is 7.36. The average Bonchev–Trinajstić information content (AvgIpc) is 2.72. The highest BCUT2D eigenvalue weighted by Crippen LogP contribution is 2.34. The van der Waals surface area contributed by atoms with Crippen molar-refractivity contribution in [1.29, 1.82) is 0 Å². The quantitative estimate of drug-likeness (QED) is 0.919. The zero-order valence-electron chi connectivity index (χ0n) is 12.9. The number of rotatable bonds is 4. The van der Waals surface area contributed by atoms with E-state index in [2.05, 4.69) is 38.0 Å². The van der Waals surface area contributed by atoms with Crippen molar-refractivity contribution in [2.75, 3.05) is 18.4 Å². The Balaban J connectivity index is 2.03. The van der Waals surface area contributed by atoms with E-state index >= 15 is 0 Å². The fourth-order valence-corrected chi connectivity index (χ4v) is 2.58. The Morgan fingerprint density at radius 3 is 2.80 bits per heavy atom. The lowest BCUT2D eigenvalue weighted by Gasteiger charge is -2.26. The van der Waals surface area contributed by atoms with Gasteiger partial charge in [-0.1, -0.05) is 20.8 Å². The van der Waals surface area contributed by atoms with E-state index in [1.165, 1.54) is 0 Å². The Bertz CT molecular complexity index is 479. The van der Waals surface area contributed by atoms with Crippen LogP contribution in [0.1, 0.15) is 39.8 Å². The summed E-state index contributed by atoms with van der Waals surface area (Å²) >= 11 is 0. The fourth-order valence-electron chi connectivity index (χ4n) is 2.58. The van der Waals surface area contributed by atoms with Crippen LogP contribution < -0.4 is 5.32 Å². The number of aromatic nitrogens is 1. The van der Waals surface area contributed by atoms with Gasteiger partial charge in [0.1, 0.15) is 0 Å². The van der Waals surface area contributed by atoms with E-state index in [9.17, 15) is 4.79 Å². The summed E-state index contributed by atoms with van der Waals surface area (Å²) in [5.74, 6) is 0.688. The highest BCUT2D eigenvalue weighted by Gasteiger charge is 2.36. The number of pyridine rings is 1. The van der Waals surface area contributed by atoms with E-state index in [1.807, 2.05) is 17.0 Å². The Kier molecular flexibility index (Phi) is 4.31. The van der Waals surface area contributed by atoms with Crippen LogP contribution >= 0.6 is 0 Å². The van der Waals surface area contributed by atoms with Crippen LogP contribution in [0.2, 0.25) is 0 Å². The molecule has 0 aliphatic carbocycles. The first kappa shape index (κ1) is 14.8. The minimum absolute atomic E-state index is 0.184. The number of hydrogen-bond acceptors (Lipinski definition) is 3. The molecule has 2 heterocycles. The number of nitrogens with one attached hydrogen (secondary N) is 1. The lowest BCUT2D eigenvalue weighted by molar-refractivity contribution is -0.128. The summed E-state index contributed by atoms with van der Waals surface area (Å²) in [6.07, 6.45) is 2.46. The van der Waals surface area contributed by atoms with Crippen LogP contribution in [0.15, 0.2) is 18.3 Å². The van der Waals surface area contributed by atoms with Crippen molar-refractivity contribution < 1.29 is 4.79 Å². The second-order valence-corrected chi connectivity index (χ2v) is 6.61. The standard InChI is InChI=1S/C16H25N3O/c1-5-17-13-6-7-18-14(9-13)11-19-10-12(8-15(19)20)16(2,3)4/h6-7,9,12H,5,8,10-11H2,1-4H3,(H,17,18). The molecule has 1 unspecified atom stereocenters. The second kappa shape index (κ2) is 5.81. The van der Waals surface area contributed by atoms with E-state index in [-0.39, 0.29) is 11.3 Å². The highest BCUT2D eigenvalue weighted by atomic mass is 16.2. The number of amides is 1. The van der Waals surface area contributed by atoms with Gasteiger partial charge in [-0.25, -0.2) is 0 Å². The van der Waals surface area contributed by atoms with Crippen molar-refractivity contribution in [3.63, 3.8) is 0 Å². The zero-order chi connectivity index (χ0) is 14.8. The number of carbonyl (C=O) groups is 1. The Hall–Kier alpha value is -1.58. The minimum Gasteiger partial charge on any atom is -0.385 e. The van der Waals surface area contributed by atoms with E-state index in [4.69, 9.17) is 0 Å². The summed E-state index contributed by atoms with van der Waals surface area (Å²) < 4.78 is 0. The molecule has 4 heteroatoms. The SMILES string of the molecule is CCNc1ccnc(CN2CC(C(C)(C)C)CC2=O)c1. The second-order valence-electron chi connectivity index (χ2n) is 6.61. The third kappa shape index (κ3) is 3.50. The molecule has 0 radical (unpaired) electrons. The lowest BCUT2D eigenvalue weighted by Crippen LogP contribution is -2.27. The molecule has 0 aromatic carbocycles. The van der Waals surface area contributed by atoms with Crippen molar-refractivity contribution >= 4 is 11.6 Å². The summed E-state index contributed by atoms with van der Waals surface area (Å²) in [4.78, 5) is 18.4. The molecule has 1 aliphatic rings. The normalized spacial score (nSPS) is 19.5. The number of hydrogen-bond donors (Lipinski definition) is 1. The van der Waals surface area contributed by atoms with Crippen molar-refractivity contribution in [3.8, 4) is 0 Å². The summed E-state index contributed by atoms with van der Waals surface area (Å²) in [6.45, 7) is 11.0. The molecule has 20 heavy (non-hydrogen) atoms. The van der Waals surface area contributed by atoms with Crippen molar-refractivity contribution in [3.05, 3.63) is 24.0 Å². The van der Waals surface area contributed by atoms with Gasteiger partial charge in [0.25, 0.3) is 0 Å². The summed E-state index contributed by atoms with van der Waals surface area (Å²) in [7, 11) is 0. The summed E-state index contributed by atoms with van der Waals surface area (Å²) in [6, 6.07) is 3.98. The Morgan fingerprint density at radius 1 is 1.45 bits per heavy atom. The van der Waals surface area contributed by atoms with Gasteiger partial charge < -0.3 is 10.2 Å². The van der Waals surface area contributed by atoms with Crippen molar-refractivity contribution in [2.24, 2.45) is 11.3 Å². The molecular weight excluding hydrogens is 250 g/mol. The maximum atomic E-state index is 12.1. The van der Waals surface area contributed by atoms with Gasteiger partial charge >= 0.3 is 0 Å². The van der Waals surface area contributed by atoms with E-state index in [1.54, 1.807) is 6.20 Å². The molecule has 2 rings (SSSR count). The van der Waals surface area contributed by atoms with Crippen LogP contribution in [0.4, 0.5) is 5.69 Å². The summed E-state index contributed by atoms with van der Waals surface area (Å²) in [5, 5.41) is 3.27. The molecule has 1 amide bonds. The van der Waals surface area contributed by atoms with Gasteiger partial charge in [-0.15, -0.1) is 0 Å². The number of likely N-dealkylation sites (tertiary alicyclic amines) is 1. The number of nitrogens with zero attached hydrogens (tertiary/aromatic N) is 2. The van der Waals surface area contributed by atoms with E-state index in [0.29, 0.717) is 18.9 Å². The fraction of sp³-hybridized carbons (Fsp3) is 0.625. The largest absolute Gasteiger partial charge is 0.385 e. The van der Waals surface area contributed by atoms with Crippen LogP contribution in [-0.2, 0) is 11.3 Å². The van der Waals surface area contributed by atoms with Crippen LogP contribution in [-0.4, -0.2) is 28.9 Å². The van der Waals surface area contributed by atoms with Gasteiger partial charge in [-0.05, 0) is 30.4 Å². The predicted octanol–water partition coefficient (Wildman–Crippen LogP) is 2.91. The Morgan fingerprint density at radius 2 is 2.20 bits per heavy atom. The Labute approximate surface area is 121 Å². The molecule has 110 valence electrons. The van der Waals surface area contributed by atoms with Crippen LogP contribution in [0.25, 0.3) is 0 Å². The smallest absolute Gasteiger partial charge is 0.223 e.